The van der Waals surface area contributed by atoms with E-state index >= 15 is 0 Å². The van der Waals surface area contributed by atoms with Gasteiger partial charge in [0.25, 0.3) is 0 Å². The first-order valence-corrected chi connectivity index (χ1v) is 6.61. The summed E-state index contributed by atoms with van der Waals surface area (Å²) in [5.41, 5.74) is -0.472. The van der Waals surface area contributed by atoms with Gasteiger partial charge in [0.15, 0.2) is 5.16 Å². The molecule has 1 rings (SSSR count). The molecule has 6 heteroatoms. The lowest BCUT2D eigenvalue weighted by molar-refractivity contribution is 0.397. The van der Waals surface area contributed by atoms with Gasteiger partial charge in [-0.25, -0.2) is 0 Å². The molecule has 1 N–H and O–H groups in total. The first-order chi connectivity index (χ1) is 7.97. The van der Waals surface area contributed by atoms with Gasteiger partial charge in [-0.3, -0.25) is 5.32 Å². The Kier molecular flexibility index (Phi) is 4.97. The van der Waals surface area contributed by atoms with Crippen molar-refractivity contribution in [1.82, 2.24) is 20.1 Å². The van der Waals surface area contributed by atoms with E-state index in [9.17, 15) is 5.26 Å². The van der Waals surface area contributed by atoms with E-state index in [1.54, 1.807) is 18.1 Å². The zero-order chi connectivity index (χ0) is 12.9. The minimum Gasteiger partial charge on any atom is -0.312 e. The largest absolute Gasteiger partial charge is 0.312 e. The standard InChI is InChI=1S/C11H19N5S/c1-9(2)14-11(3,7-12)5-6-17-10-15-13-8-16(10)4/h8-9,14H,5-6H2,1-4H3. The van der Waals surface area contributed by atoms with Crippen LogP contribution in [0.1, 0.15) is 27.2 Å². The second kappa shape index (κ2) is 6.03. The summed E-state index contributed by atoms with van der Waals surface area (Å²) in [5, 5.41) is 21.2. The lowest BCUT2D eigenvalue weighted by Crippen LogP contribution is -2.45. The number of nitrogens with one attached hydrogen (secondary N) is 1. The monoisotopic (exact) mass is 253 g/mol. The van der Waals surface area contributed by atoms with E-state index in [2.05, 4.69) is 21.6 Å². The summed E-state index contributed by atoms with van der Waals surface area (Å²) in [6.07, 6.45) is 2.46. The highest BCUT2D eigenvalue weighted by Crippen LogP contribution is 2.19. The molecule has 0 amide bonds. The molecule has 0 spiro atoms. The summed E-state index contributed by atoms with van der Waals surface area (Å²) in [6, 6.07) is 2.64. The maximum atomic E-state index is 9.19. The average Bonchev–Trinajstić information content (AvgIpc) is 2.63. The second-order valence-electron chi connectivity index (χ2n) is 4.57. The van der Waals surface area contributed by atoms with E-state index in [-0.39, 0.29) is 0 Å². The van der Waals surface area contributed by atoms with Gasteiger partial charge in [0.1, 0.15) is 11.9 Å². The van der Waals surface area contributed by atoms with Crippen molar-refractivity contribution in [2.75, 3.05) is 5.75 Å². The Hall–Kier alpha value is -1.06. The molecule has 0 aliphatic carbocycles. The fraction of sp³-hybridized carbons (Fsp3) is 0.727. The van der Waals surface area contributed by atoms with Gasteiger partial charge in [-0.1, -0.05) is 11.8 Å². The normalized spacial score (nSPS) is 14.6. The summed E-state index contributed by atoms with van der Waals surface area (Å²) in [6.45, 7) is 6.03. The van der Waals surface area contributed by atoms with Crippen molar-refractivity contribution < 1.29 is 0 Å². The summed E-state index contributed by atoms with van der Waals surface area (Å²) < 4.78 is 1.88. The smallest absolute Gasteiger partial charge is 0.190 e. The molecule has 0 bridgehead atoms. The first kappa shape index (κ1) is 14.0. The molecule has 0 saturated heterocycles. The first-order valence-electron chi connectivity index (χ1n) is 5.62. The van der Waals surface area contributed by atoms with Crippen molar-refractivity contribution in [2.24, 2.45) is 7.05 Å². The Balaban J connectivity index is 2.44. The van der Waals surface area contributed by atoms with E-state index in [0.29, 0.717) is 6.04 Å². The van der Waals surface area contributed by atoms with Crippen molar-refractivity contribution in [2.45, 2.75) is 43.9 Å². The summed E-state index contributed by atoms with van der Waals surface area (Å²) in [4.78, 5) is 0. The molecular weight excluding hydrogens is 234 g/mol. The number of nitriles is 1. The predicted octanol–water partition coefficient (Wildman–Crippen LogP) is 1.58. The number of aromatic nitrogens is 3. The average molecular weight is 253 g/mol. The summed E-state index contributed by atoms with van der Waals surface area (Å²) in [5.74, 6) is 0.844. The van der Waals surface area contributed by atoms with Crippen LogP contribution in [0.2, 0.25) is 0 Å². The van der Waals surface area contributed by atoms with Gasteiger partial charge in [0.05, 0.1) is 6.07 Å². The molecule has 1 atom stereocenters. The Morgan fingerprint density at radius 1 is 1.65 bits per heavy atom. The van der Waals surface area contributed by atoms with E-state index in [1.165, 1.54) is 0 Å². The minimum absolute atomic E-state index is 0.305. The zero-order valence-electron chi connectivity index (χ0n) is 10.8. The van der Waals surface area contributed by atoms with Crippen molar-refractivity contribution in [1.29, 1.82) is 5.26 Å². The molecule has 1 unspecified atom stereocenters. The molecular formula is C11H19N5S. The van der Waals surface area contributed by atoms with Crippen LogP contribution in [0.3, 0.4) is 0 Å². The Morgan fingerprint density at radius 2 is 2.35 bits per heavy atom. The fourth-order valence-electron chi connectivity index (χ4n) is 1.55. The van der Waals surface area contributed by atoms with E-state index in [1.807, 2.05) is 32.4 Å². The molecule has 5 nitrogen and oxygen atoms in total. The fourth-order valence-corrected chi connectivity index (χ4v) is 2.60. The molecule has 0 saturated carbocycles. The van der Waals surface area contributed by atoms with Crippen LogP contribution in [-0.2, 0) is 7.05 Å². The highest BCUT2D eigenvalue weighted by molar-refractivity contribution is 7.99. The van der Waals surface area contributed by atoms with Crippen LogP contribution in [0.4, 0.5) is 0 Å². The van der Waals surface area contributed by atoms with Crippen LogP contribution in [0, 0.1) is 11.3 Å². The van der Waals surface area contributed by atoms with E-state index < -0.39 is 5.54 Å². The highest BCUT2D eigenvalue weighted by atomic mass is 32.2. The number of hydrogen-bond acceptors (Lipinski definition) is 5. The molecule has 0 aliphatic rings. The second-order valence-corrected chi connectivity index (χ2v) is 5.63. The molecule has 0 fully saturated rings. The number of rotatable bonds is 6. The Labute approximate surface area is 107 Å². The molecule has 1 aromatic heterocycles. The SMILES string of the molecule is CC(C)NC(C)(C#N)CCSc1nncn1C. The van der Waals surface area contributed by atoms with Gasteiger partial charge in [0.2, 0.25) is 0 Å². The molecule has 0 aliphatic heterocycles. The number of nitrogens with zero attached hydrogens (tertiary/aromatic N) is 4. The highest BCUT2D eigenvalue weighted by Gasteiger charge is 2.24. The van der Waals surface area contributed by atoms with Crippen LogP contribution in [0.15, 0.2) is 11.5 Å². The van der Waals surface area contributed by atoms with Gasteiger partial charge < -0.3 is 4.57 Å². The third-order valence-corrected chi connectivity index (χ3v) is 3.39. The number of thioether (sulfide) groups is 1. The van der Waals surface area contributed by atoms with Gasteiger partial charge in [-0.2, -0.15) is 5.26 Å². The van der Waals surface area contributed by atoms with E-state index in [4.69, 9.17) is 0 Å². The van der Waals surface area contributed by atoms with Gasteiger partial charge in [-0.15, -0.1) is 10.2 Å². The molecule has 1 aromatic rings. The van der Waals surface area contributed by atoms with Crippen molar-refractivity contribution in [3.63, 3.8) is 0 Å². The third kappa shape index (κ3) is 4.36. The van der Waals surface area contributed by atoms with Crippen LogP contribution in [0.25, 0.3) is 0 Å². The maximum absolute atomic E-state index is 9.19. The van der Waals surface area contributed by atoms with Crippen molar-refractivity contribution in [3.05, 3.63) is 6.33 Å². The molecule has 0 aromatic carbocycles. The quantitative estimate of drug-likeness (QED) is 0.780. The zero-order valence-corrected chi connectivity index (χ0v) is 11.6. The van der Waals surface area contributed by atoms with Crippen molar-refractivity contribution >= 4 is 11.8 Å². The van der Waals surface area contributed by atoms with Crippen LogP contribution < -0.4 is 5.32 Å². The Morgan fingerprint density at radius 3 is 2.82 bits per heavy atom. The van der Waals surface area contributed by atoms with E-state index in [0.717, 1.165) is 17.3 Å². The van der Waals surface area contributed by atoms with Gasteiger partial charge in [0, 0.05) is 18.8 Å². The van der Waals surface area contributed by atoms with Crippen LogP contribution in [-0.4, -0.2) is 32.1 Å². The number of aryl methyl sites for hydroxylation is 1. The maximum Gasteiger partial charge on any atom is 0.190 e. The third-order valence-electron chi connectivity index (χ3n) is 2.36. The van der Waals surface area contributed by atoms with Gasteiger partial charge >= 0.3 is 0 Å². The molecule has 94 valence electrons. The molecule has 0 radical (unpaired) electrons. The van der Waals surface area contributed by atoms with Gasteiger partial charge in [-0.05, 0) is 27.2 Å². The molecule has 17 heavy (non-hydrogen) atoms. The topological polar surface area (TPSA) is 66.5 Å². The van der Waals surface area contributed by atoms with Crippen LogP contribution >= 0.6 is 11.8 Å². The van der Waals surface area contributed by atoms with Crippen molar-refractivity contribution in [3.8, 4) is 6.07 Å². The lowest BCUT2D eigenvalue weighted by atomic mass is 10.0. The van der Waals surface area contributed by atoms with Crippen LogP contribution in [0.5, 0.6) is 0 Å². The lowest BCUT2D eigenvalue weighted by Gasteiger charge is -2.25. The predicted molar refractivity (Wildman–Crippen MR) is 68.6 cm³/mol. The Bertz CT molecular complexity index is 395. The molecule has 1 heterocycles. The summed E-state index contributed by atoms with van der Waals surface area (Å²) in [7, 11) is 1.91. The summed E-state index contributed by atoms with van der Waals surface area (Å²) >= 11 is 1.62. The minimum atomic E-state index is -0.472. The number of hydrogen-bond donors (Lipinski definition) is 1.